The zero-order chi connectivity index (χ0) is 20.4. The molecule has 0 bridgehead atoms. The molecule has 3 aromatic carbocycles. The lowest BCUT2D eigenvalue weighted by Crippen LogP contribution is -2.54. The number of ketones is 1. The van der Waals surface area contributed by atoms with Crippen LogP contribution in [0.25, 0.3) is 0 Å². The van der Waals surface area contributed by atoms with Crippen molar-refractivity contribution in [3.8, 4) is 0 Å². The molecule has 0 radical (unpaired) electrons. The van der Waals surface area contributed by atoms with E-state index in [4.69, 9.17) is 0 Å². The average Bonchev–Trinajstić information content (AvgIpc) is 2.71. The topological polar surface area (TPSA) is 20.3 Å². The van der Waals surface area contributed by atoms with E-state index < -0.39 is 23.6 Å². The summed E-state index contributed by atoms with van der Waals surface area (Å²) in [6, 6.07) is 23.8. The normalized spacial score (nSPS) is 17.2. The van der Waals surface area contributed by atoms with E-state index in [0.717, 1.165) is 17.2 Å². The van der Waals surface area contributed by atoms with Crippen LogP contribution in [-0.2, 0) is 6.18 Å². The Balaban J connectivity index is 1.70. The summed E-state index contributed by atoms with van der Waals surface area (Å²) in [5, 5.41) is 0. The van der Waals surface area contributed by atoms with Crippen LogP contribution in [0, 0.1) is 0 Å². The summed E-state index contributed by atoms with van der Waals surface area (Å²) in [5.41, 5.74) is 0.906. The average molecular weight is 395 g/mol. The van der Waals surface area contributed by atoms with E-state index in [1.54, 1.807) is 0 Å². The number of hydrogen-bond donors (Lipinski definition) is 0. The van der Waals surface area contributed by atoms with Gasteiger partial charge in [-0.3, -0.25) is 9.69 Å². The predicted octanol–water partition coefficient (Wildman–Crippen LogP) is 5.75. The number of alkyl halides is 3. The highest BCUT2D eigenvalue weighted by Crippen LogP contribution is 2.39. The van der Waals surface area contributed by atoms with Gasteiger partial charge in [-0.05, 0) is 23.6 Å². The first-order chi connectivity index (χ1) is 14.0. The van der Waals surface area contributed by atoms with Crippen molar-refractivity contribution in [2.24, 2.45) is 0 Å². The van der Waals surface area contributed by atoms with Crippen molar-refractivity contribution in [1.82, 2.24) is 4.90 Å². The van der Waals surface area contributed by atoms with Crippen molar-refractivity contribution in [1.29, 1.82) is 0 Å². The molecule has 1 aliphatic heterocycles. The number of Topliss-reactive ketones (excluding diaryl/α,β-unsaturated/α-hetero) is 1. The Bertz CT molecular complexity index is 946. The van der Waals surface area contributed by atoms with Crippen LogP contribution in [0.4, 0.5) is 13.2 Å². The van der Waals surface area contributed by atoms with Gasteiger partial charge in [0.25, 0.3) is 0 Å². The molecular weight excluding hydrogens is 375 g/mol. The molecule has 1 saturated heterocycles. The molecule has 0 saturated carbocycles. The Morgan fingerprint density at radius 3 is 1.83 bits per heavy atom. The van der Waals surface area contributed by atoms with E-state index in [-0.39, 0.29) is 11.6 Å². The van der Waals surface area contributed by atoms with Crippen LogP contribution in [-0.4, -0.2) is 23.3 Å². The van der Waals surface area contributed by atoms with Crippen molar-refractivity contribution in [3.63, 3.8) is 0 Å². The van der Waals surface area contributed by atoms with E-state index in [2.05, 4.69) is 0 Å². The Labute approximate surface area is 167 Å². The first-order valence-corrected chi connectivity index (χ1v) is 9.53. The Hall–Kier alpha value is -2.92. The lowest BCUT2D eigenvalue weighted by atomic mass is 9.86. The summed E-state index contributed by atoms with van der Waals surface area (Å²) in [6.45, 7) is 0.652. The van der Waals surface area contributed by atoms with E-state index in [0.29, 0.717) is 13.0 Å². The number of likely N-dealkylation sites (tertiary alicyclic amines) is 1. The molecule has 1 heterocycles. The summed E-state index contributed by atoms with van der Waals surface area (Å²) in [4.78, 5) is 15.1. The second kappa shape index (κ2) is 7.84. The van der Waals surface area contributed by atoms with Crippen LogP contribution < -0.4 is 0 Å². The van der Waals surface area contributed by atoms with Crippen LogP contribution in [0.15, 0.2) is 84.9 Å². The van der Waals surface area contributed by atoms with Crippen LogP contribution in [0.2, 0.25) is 0 Å². The standard InChI is InChI=1S/C24H20F3NO/c25-24(26,27)20-14-8-7-13-19(20)23(29)21-15-16-28(21)22(17-9-3-1-4-10-17)18-11-5-2-6-12-18/h1-14,21-22H,15-16H2. The molecule has 148 valence electrons. The maximum atomic E-state index is 13.4. The molecule has 4 rings (SSSR count). The van der Waals surface area contributed by atoms with Gasteiger partial charge in [-0.15, -0.1) is 0 Å². The molecule has 1 aliphatic rings. The molecule has 0 aromatic heterocycles. The molecule has 1 atom stereocenters. The second-order valence-electron chi connectivity index (χ2n) is 7.17. The van der Waals surface area contributed by atoms with Gasteiger partial charge in [0.1, 0.15) is 0 Å². The van der Waals surface area contributed by atoms with Gasteiger partial charge in [0, 0.05) is 12.1 Å². The van der Waals surface area contributed by atoms with Crippen molar-refractivity contribution in [2.45, 2.75) is 24.7 Å². The Kier molecular flexibility index (Phi) is 5.24. The van der Waals surface area contributed by atoms with Crippen LogP contribution in [0.3, 0.4) is 0 Å². The van der Waals surface area contributed by atoms with E-state index >= 15 is 0 Å². The molecule has 5 heteroatoms. The van der Waals surface area contributed by atoms with Gasteiger partial charge < -0.3 is 0 Å². The van der Waals surface area contributed by atoms with Gasteiger partial charge in [-0.25, -0.2) is 0 Å². The fourth-order valence-electron chi connectivity index (χ4n) is 3.97. The molecule has 29 heavy (non-hydrogen) atoms. The van der Waals surface area contributed by atoms with Crippen molar-refractivity contribution >= 4 is 5.78 Å². The highest BCUT2D eigenvalue weighted by molar-refractivity contribution is 6.02. The largest absolute Gasteiger partial charge is 0.417 e. The van der Waals surface area contributed by atoms with Crippen LogP contribution in [0.5, 0.6) is 0 Å². The predicted molar refractivity (Wildman–Crippen MR) is 106 cm³/mol. The number of halogens is 3. The second-order valence-corrected chi connectivity index (χ2v) is 7.17. The van der Waals surface area contributed by atoms with E-state index in [9.17, 15) is 18.0 Å². The Morgan fingerprint density at radius 2 is 1.34 bits per heavy atom. The number of carbonyl (C=O) groups is 1. The van der Waals surface area contributed by atoms with Crippen LogP contribution in [0.1, 0.15) is 39.5 Å². The minimum absolute atomic E-state index is 0.182. The van der Waals surface area contributed by atoms with Crippen molar-refractivity contribution in [3.05, 3.63) is 107 Å². The third-order valence-corrected chi connectivity index (χ3v) is 5.42. The molecule has 1 unspecified atom stereocenters. The summed E-state index contributed by atoms with van der Waals surface area (Å²) in [7, 11) is 0. The monoisotopic (exact) mass is 395 g/mol. The highest BCUT2D eigenvalue weighted by Gasteiger charge is 2.43. The van der Waals surface area contributed by atoms with Crippen LogP contribution >= 0.6 is 0 Å². The van der Waals surface area contributed by atoms with Crippen molar-refractivity contribution < 1.29 is 18.0 Å². The minimum Gasteiger partial charge on any atom is -0.292 e. The number of rotatable bonds is 5. The molecule has 2 nitrogen and oxygen atoms in total. The first-order valence-electron chi connectivity index (χ1n) is 9.53. The quantitative estimate of drug-likeness (QED) is 0.513. The SMILES string of the molecule is O=C(c1ccccc1C(F)(F)F)C1CCN1C(c1ccccc1)c1ccccc1. The fourth-order valence-corrected chi connectivity index (χ4v) is 3.97. The van der Waals surface area contributed by atoms with Gasteiger partial charge in [-0.1, -0.05) is 78.9 Å². The summed E-state index contributed by atoms with van der Waals surface area (Å²) in [6.07, 6.45) is -4.01. The van der Waals surface area contributed by atoms with Crippen molar-refractivity contribution in [2.75, 3.05) is 6.54 Å². The Morgan fingerprint density at radius 1 is 0.828 bits per heavy atom. The molecule has 0 N–H and O–H groups in total. The van der Waals surface area contributed by atoms with E-state index in [1.165, 1.54) is 18.2 Å². The number of carbonyl (C=O) groups excluding carboxylic acids is 1. The number of benzene rings is 3. The first kappa shape index (κ1) is 19.4. The van der Waals surface area contributed by atoms with Gasteiger partial charge in [-0.2, -0.15) is 13.2 Å². The maximum Gasteiger partial charge on any atom is 0.417 e. The summed E-state index contributed by atoms with van der Waals surface area (Å²) in [5.74, 6) is -0.471. The number of hydrogen-bond acceptors (Lipinski definition) is 2. The molecule has 0 spiro atoms. The molecule has 0 aliphatic carbocycles. The van der Waals surface area contributed by atoms with Gasteiger partial charge in [0.2, 0.25) is 0 Å². The minimum atomic E-state index is -4.56. The number of nitrogens with zero attached hydrogens (tertiary/aromatic N) is 1. The van der Waals surface area contributed by atoms with Gasteiger partial charge in [0.05, 0.1) is 17.6 Å². The fraction of sp³-hybridized carbons (Fsp3) is 0.208. The summed E-state index contributed by atoms with van der Waals surface area (Å²) < 4.78 is 40.2. The third kappa shape index (κ3) is 3.83. The molecule has 1 fully saturated rings. The van der Waals surface area contributed by atoms with Gasteiger partial charge in [0.15, 0.2) is 5.78 Å². The smallest absolute Gasteiger partial charge is 0.292 e. The zero-order valence-electron chi connectivity index (χ0n) is 15.6. The zero-order valence-corrected chi connectivity index (χ0v) is 15.6. The van der Waals surface area contributed by atoms with Gasteiger partial charge >= 0.3 is 6.18 Å². The lowest BCUT2D eigenvalue weighted by molar-refractivity contribution is -0.138. The maximum absolute atomic E-state index is 13.4. The molecular formula is C24H20F3NO. The lowest BCUT2D eigenvalue weighted by Gasteiger charge is -2.45. The van der Waals surface area contributed by atoms with E-state index in [1.807, 2.05) is 65.6 Å². The summed E-state index contributed by atoms with van der Waals surface area (Å²) >= 11 is 0. The third-order valence-electron chi connectivity index (χ3n) is 5.42. The molecule has 0 amide bonds. The molecule has 3 aromatic rings. The highest BCUT2D eigenvalue weighted by atomic mass is 19.4.